The predicted octanol–water partition coefficient (Wildman–Crippen LogP) is 13.9. The lowest BCUT2D eigenvalue weighted by Crippen LogP contribution is -2.09. The predicted molar refractivity (Wildman–Crippen MR) is 213 cm³/mol. The molecule has 0 unspecified atom stereocenters. The average molecular weight is 651 g/mol. The van der Waals surface area contributed by atoms with E-state index in [1.54, 1.807) is 0 Å². The van der Waals surface area contributed by atoms with E-state index >= 15 is 0 Å². The molecule has 0 amide bonds. The summed E-state index contributed by atoms with van der Waals surface area (Å²) in [5.74, 6) is 0. The van der Waals surface area contributed by atoms with Crippen LogP contribution in [-0.2, 0) is 0 Å². The summed E-state index contributed by atoms with van der Waals surface area (Å²) in [6.07, 6.45) is 0. The molecule has 0 N–H and O–H groups in total. The lowest BCUT2D eigenvalue weighted by molar-refractivity contribution is 1.27. The van der Waals surface area contributed by atoms with E-state index in [1.807, 2.05) is 11.3 Å². The van der Waals surface area contributed by atoms with Crippen molar-refractivity contribution in [3.05, 3.63) is 180 Å². The van der Waals surface area contributed by atoms with Gasteiger partial charge in [0.15, 0.2) is 0 Å². The molecule has 7 aromatic carbocycles. The van der Waals surface area contributed by atoms with Crippen LogP contribution in [0.15, 0.2) is 158 Å². The van der Waals surface area contributed by atoms with Crippen molar-refractivity contribution in [3.8, 4) is 11.1 Å². The molecule has 0 aliphatic carbocycles. The van der Waals surface area contributed by atoms with Crippen molar-refractivity contribution in [2.75, 3.05) is 9.80 Å². The topological polar surface area (TPSA) is 6.48 Å². The lowest BCUT2D eigenvalue weighted by atomic mass is 10.0. The zero-order valence-corrected chi connectivity index (χ0v) is 29.1. The molecule has 3 heteroatoms. The van der Waals surface area contributed by atoms with Gasteiger partial charge in [0.25, 0.3) is 0 Å². The summed E-state index contributed by atoms with van der Waals surface area (Å²) in [4.78, 5) is 4.68. The van der Waals surface area contributed by atoms with Gasteiger partial charge in [-0.15, -0.1) is 11.3 Å². The van der Waals surface area contributed by atoms with Crippen LogP contribution in [0.2, 0.25) is 0 Å². The third-order valence-electron chi connectivity index (χ3n) is 9.34. The number of thiophene rings is 1. The van der Waals surface area contributed by atoms with Gasteiger partial charge in [-0.2, -0.15) is 0 Å². The normalized spacial score (nSPS) is 11.3. The Morgan fingerprint density at radius 3 is 1.04 bits per heavy atom. The van der Waals surface area contributed by atoms with Crippen molar-refractivity contribution in [3.63, 3.8) is 0 Å². The molecule has 238 valence electrons. The Hall–Kier alpha value is -5.64. The second-order valence-corrected chi connectivity index (χ2v) is 14.1. The molecular weight excluding hydrogens is 613 g/mol. The van der Waals surface area contributed by atoms with E-state index in [-0.39, 0.29) is 0 Å². The Labute approximate surface area is 293 Å². The van der Waals surface area contributed by atoms with Gasteiger partial charge in [-0.25, -0.2) is 0 Å². The Balaban J connectivity index is 1.14. The summed E-state index contributed by atoms with van der Waals surface area (Å²) >= 11 is 1.87. The average Bonchev–Trinajstić information content (AvgIpc) is 3.49. The van der Waals surface area contributed by atoms with Crippen LogP contribution in [0.3, 0.4) is 0 Å². The quantitative estimate of drug-likeness (QED) is 0.169. The Morgan fingerprint density at radius 2 is 0.612 bits per heavy atom. The molecule has 0 aliphatic rings. The van der Waals surface area contributed by atoms with Crippen LogP contribution in [0.25, 0.3) is 31.3 Å². The first kappa shape index (κ1) is 30.7. The highest BCUT2D eigenvalue weighted by atomic mass is 32.1. The van der Waals surface area contributed by atoms with Crippen LogP contribution < -0.4 is 9.80 Å². The van der Waals surface area contributed by atoms with Gasteiger partial charge in [-0.05, 0) is 118 Å². The van der Waals surface area contributed by atoms with Crippen molar-refractivity contribution in [2.45, 2.75) is 27.7 Å². The molecule has 8 aromatic rings. The minimum atomic E-state index is 1.14. The highest BCUT2D eigenvalue weighted by Gasteiger charge is 2.16. The summed E-state index contributed by atoms with van der Waals surface area (Å²) in [5, 5.41) is 2.60. The standard InChI is InChI=1S/C46H38N2S/c1-31-5-16-37(17-6-31)47(38-18-7-32(2)8-19-38)41-24-13-35(14-25-41)36-15-27-43-44-28-26-42(30-46(44)49-45(43)29-36)48(39-20-9-33(3)10-21-39)40-22-11-34(4)12-23-40/h5-30H,1-4H3. The summed E-state index contributed by atoms with van der Waals surface area (Å²) < 4.78 is 2.59. The molecule has 0 spiro atoms. The van der Waals surface area contributed by atoms with Crippen LogP contribution in [-0.4, -0.2) is 0 Å². The molecule has 0 atom stereocenters. The fourth-order valence-corrected chi connectivity index (χ4v) is 7.74. The molecule has 49 heavy (non-hydrogen) atoms. The number of fused-ring (bicyclic) bond motifs is 3. The van der Waals surface area contributed by atoms with Gasteiger partial charge in [0.1, 0.15) is 0 Å². The minimum Gasteiger partial charge on any atom is -0.311 e. The molecular formula is C46H38N2S. The van der Waals surface area contributed by atoms with Gasteiger partial charge in [-0.3, -0.25) is 0 Å². The molecule has 1 aromatic heterocycles. The summed E-state index contributed by atoms with van der Waals surface area (Å²) in [7, 11) is 0. The smallest absolute Gasteiger partial charge is 0.0476 e. The second-order valence-electron chi connectivity index (χ2n) is 13.1. The Bertz CT molecular complexity index is 2290. The van der Waals surface area contributed by atoms with Crippen molar-refractivity contribution in [2.24, 2.45) is 0 Å². The first-order valence-electron chi connectivity index (χ1n) is 16.8. The molecule has 0 saturated carbocycles. The van der Waals surface area contributed by atoms with E-state index in [9.17, 15) is 0 Å². The highest BCUT2D eigenvalue weighted by molar-refractivity contribution is 7.25. The number of hydrogen-bond acceptors (Lipinski definition) is 3. The molecule has 0 fully saturated rings. The zero-order valence-electron chi connectivity index (χ0n) is 28.3. The summed E-state index contributed by atoms with van der Waals surface area (Å²) in [6.45, 7) is 8.54. The number of anilines is 6. The maximum absolute atomic E-state index is 2.35. The number of aryl methyl sites for hydroxylation is 4. The molecule has 1 heterocycles. The van der Waals surface area contributed by atoms with Crippen molar-refractivity contribution in [1.82, 2.24) is 0 Å². The zero-order chi connectivity index (χ0) is 33.5. The third-order valence-corrected chi connectivity index (χ3v) is 10.5. The first-order chi connectivity index (χ1) is 23.9. The van der Waals surface area contributed by atoms with E-state index in [0.29, 0.717) is 0 Å². The van der Waals surface area contributed by atoms with Crippen molar-refractivity contribution < 1.29 is 0 Å². The Kier molecular flexibility index (Phi) is 7.99. The molecule has 0 aliphatic heterocycles. The maximum Gasteiger partial charge on any atom is 0.0476 e. The lowest BCUT2D eigenvalue weighted by Gasteiger charge is -2.26. The second kappa shape index (κ2) is 12.8. The van der Waals surface area contributed by atoms with Crippen LogP contribution in [0, 0.1) is 27.7 Å². The van der Waals surface area contributed by atoms with Gasteiger partial charge in [0.05, 0.1) is 0 Å². The summed E-state index contributed by atoms with van der Waals surface area (Å²) in [5.41, 5.74) is 14.4. The monoisotopic (exact) mass is 650 g/mol. The maximum atomic E-state index is 2.35. The first-order valence-corrected chi connectivity index (χ1v) is 17.6. The minimum absolute atomic E-state index is 1.14. The van der Waals surface area contributed by atoms with Gasteiger partial charge >= 0.3 is 0 Å². The van der Waals surface area contributed by atoms with E-state index in [1.165, 1.54) is 53.6 Å². The van der Waals surface area contributed by atoms with Crippen molar-refractivity contribution >= 4 is 65.6 Å². The fourth-order valence-electron chi connectivity index (χ4n) is 6.56. The van der Waals surface area contributed by atoms with E-state index in [2.05, 4.69) is 195 Å². The molecule has 0 bridgehead atoms. The SMILES string of the molecule is Cc1ccc(N(c2ccc(C)cc2)c2ccc(-c3ccc4c(c3)sc3cc(N(c5ccc(C)cc5)c5ccc(C)cc5)ccc34)cc2)cc1. The van der Waals surface area contributed by atoms with E-state index in [0.717, 1.165) is 34.1 Å². The molecule has 2 nitrogen and oxygen atoms in total. The van der Waals surface area contributed by atoms with Crippen LogP contribution in [0.1, 0.15) is 22.3 Å². The van der Waals surface area contributed by atoms with Crippen LogP contribution >= 0.6 is 11.3 Å². The number of hydrogen-bond donors (Lipinski definition) is 0. The van der Waals surface area contributed by atoms with Crippen LogP contribution in [0.5, 0.6) is 0 Å². The number of nitrogens with zero attached hydrogens (tertiary/aromatic N) is 2. The number of benzene rings is 7. The molecule has 8 rings (SSSR count). The van der Waals surface area contributed by atoms with Gasteiger partial charge in [0.2, 0.25) is 0 Å². The highest BCUT2D eigenvalue weighted by Crippen LogP contribution is 2.42. The van der Waals surface area contributed by atoms with Gasteiger partial charge < -0.3 is 9.80 Å². The Morgan fingerprint density at radius 1 is 0.306 bits per heavy atom. The fraction of sp³-hybridized carbons (Fsp3) is 0.0870. The number of rotatable bonds is 7. The summed E-state index contributed by atoms with van der Waals surface area (Å²) in [6, 6.07) is 57.9. The van der Waals surface area contributed by atoms with E-state index in [4.69, 9.17) is 0 Å². The molecule has 0 saturated heterocycles. The van der Waals surface area contributed by atoms with Crippen LogP contribution in [0.4, 0.5) is 34.1 Å². The molecule has 0 radical (unpaired) electrons. The van der Waals surface area contributed by atoms with E-state index < -0.39 is 0 Å². The third kappa shape index (κ3) is 6.10. The van der Waals surface area contributed by atoms with Gasteiger partial charge in [-0.1, -0.05) is 101 Å². The largest absolute Gasteiger partial charge is 0.311 e. The van der Waals surface area contributed by atoms with Crippen molar-refractivity contribution in [1.29, 1.82) is 0 Å². The van der Waals surface area contributed by atoms with Gasteiger partial charge in [0, 0.05) is 54.3 Å².